The van der Waals surface area contributed by atoms with Gasteiger partial charge in [-0.25, -0.2) is 0 Å². The van der Waals surface area contributed by atoms with E-state index in [1.165, 1.54) is 4.90 Å². The van der Waals surface area contributed by atoms with Gasteiger partial charge in [0.2, 0.25) is 0 Å². The Morgan fingerprint density at radius 1 is 1.07 bits per heavy atom. The van der Waals surface area contributed by atoms with E-state index < -0.39 is 17.7 Å². The van der Waals surface area contributed by atoms with E-state index in [1.807, 2.05) is 38.1 Å². The van der Waals surface area contributed by atoms with E-state index in [0.29, 0.717) is 24.5 Å². The first kappa shape index (κ1) is 21.6. The molecule has 1 saturated heterocycles. The zero-order valence-corrected chi connectivity index (χ0v) is 17.6. The van der Waals surface area contributed by atoms with Crippen molar-refractivity contribution in [3.8, 4) is 5.75 Å². The Balaban J connectivity index is 2.08. The monoisotopic (exact) mass is 409 g/mol. The van der Waals surface area contributed by atoms with Gasteiger partial charge in [-0.05, 0) is 48.7 Å². The van der Waals surface area contributed by atoms with Crippen LogP contribution in [0.2, 0.25) is 0 Å². The molecule has 1 amide bonds. The lowest BCUT2D eigenvalue weighted by atomic mass is 9.92. The van der Waals surface area contributed by atoms with Crippen LogP contribution in [-0.4, -0.2) is 48.6 Å². The minimum Gasteiger partial charge on any atom is -0.507 e. The van der Waals surface area contributed by atoms with Gasteiger partial charge in [-0.15, -0.1) is 0 Å². The van der Waals surface area contributed by atoms with E-state index in [2.05, 4.69) is 0 Å². The number of nitrogens with zero attached hydrogens (tertiary/aromatic N) is 1. The molecule has 30 heavy (non-hydrogen) atoms. The van der Waals surface area contributed by atoms with Crippen LogP contribution >= 0.6 is 0 Å². The van der Waals surface area contributed by atoms with Gasteiger partial charge in [-0.2, -0.15) is 0 Å². The molecule has 1 aliphatic rings. The maximum atomic E-state index is 12.9. The lowest BCUT2D eigenvalue weighted by Gasteiger charge is -2.26. The van der Waals surface area contributed by atoms with E-state index in [-0.39, 0.29) is 17.9 Å². The number of likely N-dealkylation sites (tertiary alicyclic amines) is 1. The summed E-state index contributed by atoms with van der Waals surface area (Å²) in [5.74, 6) is -0.833. The molecule has 0 radical (unpaired) electrons. The molecular formula is C24H27NO5. The number of carbonyl (C=O) groups is 2. The van der Waals surface area contributed by atoms with Crippen molar-refractivity contribution in [2.45, 2.75) is 26.3 Å². The number of amides is 1. The van der Waals surface area contributed by atoms with Crippen molar-refractivity contribution >= 4 is 17.4 Å². The van der Waals surface area contributed by atoms with Crippen LogP contribution in [0.4, 0.5) is 0 Å². The third-order valence-corrected chi connectivity index (χ3v) is 5.16. The molecule has 1 atom stereocenters. The van der Waals surface area contributed by atoms with Gasteiger partial charge in [-0.3, -0.25) is 9.59 Å². The molecule has 0 spiro atoms. The number of ether oxygens (including phenoxy) is 2. The number of hydrogen-bond donors (Lipinski definition) is 1. The van der Waals surface area contributed by atoms with E-state index >= 15 is 0 Å². The van der Waals surface area contributed by atoms with Crippen molar-refractivity contribution in [1.29, 1.82) is 0 Å². The normalized spacial score (nSPS) is 18.1. The molecule has 0 bridgehead atoms. The van der Waals surface area contributed by atoms with Crippen LogP contribution in [0.1, 0.15) is 36.1 Å². The van der Waals surface area contributed by atoms with Crippen molar-refractivity contribution in [2.75, 3.05) is 26.9 Å². The summed E-state index contributed by atoms with van der Waals surface area (Å²) in [5, 5.41) is 11.0. The van der Waals surface area contributed by atoms with E-state index in [1.54, 1.807) is 31.4 Å². The number of aliphatic hydroxyl groups excluding tert-OH is 1. The molecule has 0 saturated carbocycles. The molecule has 158 valence electrons. The van der Waals surface area contributed by atoms with Crippen LogP contribution in [0.5, 0.6) is 5.75 Å². The Hall–Kier alpha value is -3.12. The lowest BCUT2D eigenvalue weighted by molar-refractivity contribution is -0.140. The average Bonchev–Trinajstić information content (AvgIpc) is 3.01. The van der Waals surface area contributed by atoms with Crippen LogP contribution in [0.15, 0.2) is 54.1 Å². The number of benzene rings is 2. The summed E-state index contributed by atoms with van der Waals surface area (Å²) in [5.41, 5.74) is 2.29. The number of carbonyl (C=O) groups excluding carboxylic acids is 2. The summed E-state index contributed by atoms with van der Waals surface area (Å²) >= 11 is 0. The first-order valence-electron chi connectivity index (χ1n) is 10.1. The van der Waals surface area contributed by atoms with Crippen LogP contribution in [0, 0.1) is 6.92 Å². The van der Waals surface area contributed by atoms with Crippen LogP contribution in [0.3, 0.4) is 0 Å². The van der Waals surface area contributed by atoms with E-state index in [0.717, 1.165) is 17.5 Å². The van der Waals surface area contributed by atoms with Gasteiger partial charge in [0, 0.05) is 19.2 Å². The fraction of sp³-hybridized carbons (Fsp3) is 0.333. The molecule has 6 heteroatoms. The van der Waals surface area contributed by atoms with Gasteiger partial charge in [0.15, 0.2) is 0 Å². The molecule has 0 aromatic heterocycles. The van der Waals surface area contributed by atoms with Crippen LogP contribution in [-0.2, 0) is 14.3 Å². The zero-order valence-electron chi connectivity index (χ0n) is 17.6. The third-order valence-electron chi connectivity index (χ3n) is 5.16. The zero-order chi connectivity index (χ0) is 21.7. The van der Waals surface area contributed by atoms with Gasteiger partial charge in [0.05, 0.1) is 24.8 Å². The Labute approximate surface area is 176 Å². The fourth-order valence-electron chi connectivity index (χ4n) is 3.60. The number of ketones is 1. The van der Waals surface area contributed by atoms with Gasteiger partial charge in [-0.1, -0.05) is 31.2 Å². The molecule has 2 aromatic carbocycles. The summed E-state index contributed by atoms with van der Waals surface area (Å²) in [4.78, 5) is 27.2. The Kier molecular flexibility index (Phi) is 6.90. The van der Waals surface area contributed by atoms with Crippen molar-refractivity contribution in [3.05, 3.63) is 70.8 Å². The topological polar surface area (TPSA) is 76.1 Å². The van der Waals surface area contributed by atoms with Crippen molar-refractivity contribution < 1.29 is 24.2 Å². The molecule has 1 fully saturated rings. The molecular weight excluding hydrogens is 382 g/mol. The summed E-state index contributed by atoms with van der Waals surface area (Å²) in [6.45, 7) is 5.09. The molecule has 1 N–H and O–H groups in total. The maximum absolute atomic E-state index is 12.9. The third kappa shape index (κ3) is 4.24. The first-order valence-corrected chi connectivity index (χ1v) is 10.1. The minimum atomic E-state index is -0.692. The number of Topliss-reactive ketones (excluding diaryl/α,β-unsaturated/α-hetero) is 1. The van der Waals surface area contributed by atoms with Crippen molar-refractivity contribution in [2.24, 2.45) is 0 Å². The highest BCUT2D eigenvalue weighted by Crippen LogP contribution is 2.40. The van der Waals surface area contributed by atoms with Gasteiger partial charge >= 0.3 is 0 Å². The summed E-state index contributed by atoms with van der Waals surface area (Å²) in [6, 6.07) is 13.8. The summed E-state index contributed by atoms with van der Waals surface area (Å²) in [7, 11) is 1.54. The maximum Gasteiger partial charge on any atom is 0.295 e. The Morgan fingerprint density at radius 2 is 1.77 bits per heavy atom. The number of aliphatic hydroxyl groups is 1. The number of methoxy groups -OCH3 is 1. The molecule has 6 nitrogen and oxygen atoms in total. The molecule has 1 aliphatic heterocycles. The fourth-order valence-corrected chi connectivity index (χ4v) is 3.60. The number of hydrogen-bond acceptors (Lipinski definition) is 5. The predicted molar refractivity (Wildman–Crippen MR) is 114 cm³/mol. The summed E-state index contributed by atoms with van der Waals surface area (Å²) < 4.78 is 10.7. The molecule has 1 heterocycles. The molecule has 1 unspecified atom stereocenters. The highest BCUT2D eigenvalue weighted by Gasteiger charge is 2.46. The SMILES string of the molecule is CCCOc1ccc(/C(O)=C2/C(=O)C(=O)N(CCOC)C2c2ccccc2C)cc1. The van der Waals surface area contributed by atoms with Crippen molar-refractivity contribution in [1.82, 2.24) is 4.90 Å². The largest absolute Gasteiger partial charge is 0.507 e. The van der Waals surface area contributed by atoms with Gasteiger partial charge < -0.3 is 19.5 Å². The van der Waals surface area contributed by atoms with Crippen molar-refractivity contribution in [3.63, 3.8) is 0 Å². The quantitative estimate of drug-likeness (QED) is 0.407. The van der Waals surface area contributed by atoms with E-state index in [9.17, 15) is 14.7 Å². The Bertz CT molecular complexity index is 948. The molecule has 0 aliphatic carbocycles. The molecule has 2 aromatic rings. The highest BCUT2D eigenvalue weighted by atomic mass is 16.5. The highest BCUT2D eigenvalue weighted by molar-refractivity contribution is 6.46. The van der Waals surface area contributed by atoms with Crippen LogP contribution < -0.4 is 4.74 Å². The van der Waals surface area contributed by atoms with Gasteiger partial charge in [0.1, 0.15) is 11.5 Å². The average molecular weight is 409 g/mol. The molecule has 3 rings (SSSR count). The number of rotatable bonds is 8. The van der Waals surface area contributed by atoms with Crippen LogP contribution in [0.25, 0.3) is 5.76 Å². The summed E-state index contributed by atoms with van der Waals surface area (Å²) in [6.07, 6.45) is 0.892. The second kappa shape index (κ2) is 9.59. The second-order valence-corrected chi connectivity index (χ2v) is 7.21. The lowest BCUT2D eigenvalue weighted by Crippen LogP contribution is -2.32. The predicted octanol–water partition coefficient (Wildman–Crippen LogP) is 3.85. The Morgan fingerprint density at radius 3 is 2.40 bits per heavy atom. The first-order chi connectivity index (χ1) is 14.5. The second-order valence-electron chi connectivity index (χ2n) is 7.21. The smallest absolute Gasteiger partial charge is 0.295 e. The number of aryl methyl sites for hydroxylation is 1. The van der Waals surface area contributed by atoms with E-state index in [4.69, 9.17) is 9.47 Å². The standard InChI is InChI=1S/C24H27NO5/c1-4-14-30-18-11-9-17(10-12-18)22(26)20-21(19-8-6-5-7-16(19)2)25(13-15-29-3)24(28)23(20)27/h5-12,21,26H,4,13-15H2,1-3H3/b22-20-. The van der Waals surface area contributed by atoms with Gasteiger partial charge in [0.25, 0.3) is 11.7 Å². The minimum absolute atomic E-state index is 0.0904.